The molecule has 0 spiro atoms. The summed E-state index contributed by atoms with van der Waals surface area (Å²) in [4.78, 5) is 15.3. The molecule has 0 radical (unpaired) electrons. The molecule has 0 bridgehead atoms. The number of rotatable bonds is 5. The average Bonchev–Trinajstić information content (AvgIpc) is 3.00. The summed E-state index contributed by atoms with van der Waals surface area (Å²) in [7, 11) is 0. The third kappa shape index (κ3) is 3.97. The van der Waals surface area contributed by atoms with Crippen molar-refractivity contribution < 1.29 is 27.8 Å². The Morgan fingerprint density at radius 3 is 2.35 bits per heavy atom. The highest BCUT2D eigenvalue weighted by Crippen LogP contribution is 2.25. The van der Waals surface area contributed by atoms with Gasteiger partial charge in [0.05, 0.1) is 6.54 Å². The van der Waals surface area contributed by atoms with Gasteiger partial charge in [0.2, 0.25) is 0 Å². The van der Waals surface area contributed by atoms with E-state index in [1.807, 2.05) is 0 Å². The fourth-order valence-electron chi connectivity index (χ4n) is 2.33. The van der Waals surface area contributed by atoms with Crippen LogP contribution in [0.2, 0.25) is 0 Å². The third-order valence-electron chi connectivity index (χ3n) is 3.38. The van der Waals surface area contributed by atoms with Gasteiger partial charge >= 0.3 is 12.3 Å². The van der Waals surface area contributed by atoms with Gasteiger partial charge in [-0.2, -0.15) is 0 Å². The number of aromatic carboxylic acids is 1. The van der Waals surface area contributed by atoms with Crippen LogP contribution in [0, 0.1) is 0 Å². The van der Waals surface area contributed by atoms with E-state index in [9.17, 15) is 23.1 Å². The van der Waals surface area contributed by atoms with Crippen molar-refractivity contribution in [1.82, 2.24) is 20.0 Å². The predicted octanol–water partition coefficient (Wildman–Crippen LogP) is 2.99. The number of benzene rings is 1. The Balaban J connectivity index is 1.90. The molecule has 7 nitrogen and oxygen atoms in total. The molecule has 3 rings (SSSR count). The van der Waals surface area contributed by atoms with Crippen LogP contribution >= 0.6 is 0 Å². The maximum Gasteiger partial charge on any atom is 0.573 e. The van der Waals surface area contributed by atoms with Gasteiger partial charge in [-0.15, -0.1) is 18.3 Å². The number of ether oxygens (including phenoxy) is 1. The van der Waals surface area contributed by atoms with Gasteiger partial charge in [-0.05, 0) is 29.8 Å². The Bertz CT molecular complexity index is 909. The SMILES string of the molecule is O=C(O)c1nnn(Cc2ccc(OC(F)(F)F)cc2)c1-c1ccncc1. The van der Waals surface area contributed by atoms with Gasteiger partial charge in [0.1, 0.15) is 11.4 Å². The zero-order valence-electron chi connectivity index (χ0n) is 13.0. The van der Waals surface area contributed by atoms with Crippen molar-refractivity contribution in [3.63, 3.8) is 0 Å². The lowest BCUT2D eigenvalue weighted by Gasteiger charge is -2.10. The highest BCUT2D eigenvalue weighted by molar-refractivity contribution is 5.92. The lowest BCUT2D eigenvalue weighted by atomic mass is 10.1. The molecule has 0 atom stereocenters. The highest BCUT2D eigenvalue weighted by atomic mass is 19.4. The number of aromatic nitrogens is 4. The molecule has 0 aliphatic heterocycles. The Morgan fingerprint density at radius 1 is 1.12 bits per heavy atom. The maximum absolute atomic E-state index is 12.2. The molecule has 26 heavy (non-hydrogen) atoms. The molecular formula is C16H11F3N4O3. The Labute approximate surface area is 144 Å². The van der Waals surface area contributed by atoms with Crippen LogP contribution in [0.3, 0.4) is 0 Å². The van der Waals surface area contributed by atoms with Crippen LogP contribution in [-0.4, -0.2) is 37.4 Å². The van der Waals surface area contributed by atoms with E-state index in [1.54, 1.807) is 12.1 Å². The van der Waals surface area contributed by atoms with Crippen LogP contribution in [-0.2, 0) is 6.54 Å². The van der Waals surface area contributed by atoms with E-state index < -0.39 is 12.3 Å². The number of carboxylic acids is 1. The second-order valence-corrected chi connectivity index (χ2v) is 5.18. The molecule has 3 aromatic rings. The maximum atomic E-state index is 12.2. The molecule has 0 aliphatic carbocycles. The zero-order valence-corrected chi connectivity index (χ0v) is 13.0. The first-order valence-electron chi connectivity index (χ1n) is 7.25. The van der Waals surface area contributed by atoms with Crippen LogP contribution in [0.25, 0.3) is 11.3 Å². The van der Waals surface area contributed by atoms with E-state index in [4.69, 9.17) is 0 Å². The number of carbonyl (C=O) groups is 1. The number of pyridine rings is 1. The van der Waals surface area contributed by atoms with Crippen molar-refractivity contribution in [2.24, 2.45) is 0 Å². The molecule has 0 fully saturated rings. The van der Waals surface area contributed by atoms with Gasteiger partial charge in [-0.25, -0.2) is 9.48 Å². The minimum atomic E-state index is -4.77. The number of carboxylic acid groups (broad SMARTS) is 1. The van der Waals surface area contributed by atoms with Crippen LogP contribution in [0.1, 0.15) is 16.1 Å². The largest absolute Gasteiger partial charge is 0.573 e. The van der Waals surface area contributed by atoms with Crippen LogP contribution in [0.5, 0.6) is 5.75 Å². The molecule has 0 saturated heterocycles. The zero-order chi connectivity index (χ0) is 18.7. The summed E-state index contributed by atoms with van der Waals surface area (Å²) in [5.41, 5.74) is 1.19. The van der Waals surface area contributed by atoms with Crippen molar-refractivity contribution >= 4 is 5.97 Å². The van der Waals surface area contributed by atoms with Gasteiger partial charge < -0.3 is 9.84 Å². The second kappa shape index (κ2) is 6.82. The monoisotopic (exact) mass is 364 g/mol. The standard InChI is InChI=1S/C16H11F3N4O3/c17-16(18,19)26-12-3-1-10(2-4-12)9-23-14(11-5-7-20-8-6-11)13(15(24)25)21-22-23/h1-8H,9H2,(H,24,25). The number of halogens is 3. The summed E-state index contributed by atoms with van der Waals surface area (Å²) in [5.74, 6) is -1.59. The molecule has 0 unspecified atom stereocenters. The van der Waals surface area contributed by atoms with Gasteiger partial charge in [-0.1, -0.05) is 17.3 Å². The first-order valence-corrected chi connectivity index (χ1v) is 7.25. The Morgan fingerprint density at radius 2 is 1.77 bits per heavy atom. The lowest BCUT2D eigenvalue weighted by Crippen LogP contribution is -2.17. The van der Waals surface area contributed by atoms with Crippen molar-refractivity contribution in [3.8, 4) is 17.0 Å². The minimum Gasteiger partial charge on any atom is -0.476 e. The van der Waals surface area contributed by atoms with Gasteiger partial charge in [0.25, 0.3) is 0 Å². The highest BCUT2D eigenvalue weighted by Gasteiger charge is 2.31. The van der Waals surface area contributed by atoms with E-state index in [-0.39, 0.29) is 23.7 Å². The van der Waals surface area contributed by atoms with E-state index in [0.29, 0.717) is 11.1 Å². The molecular weight excluding hydrogens is 353 g/mol. The third-order valence-corrected chi connectivity index (χ3v) is 3.38. The predicted molar refractivity (Wildman–Crippen MR) is 82.4 cm³/mol. The molecule has 0 aliphatic rings. The number of hydrogen-bond acceptors (Lipinski definition) is 5. The molecule has 0 amide bonds. The Hall–Kier alpha value is -3.43. The summed E-state index contributed by atoms with van der Waals surface area (Å²) in [6.45, 7) is 0.115. The topological polar surface area (TPSA) is 90.1 Å². The van der Waals surface area contributed by atoms with Gasteiger partial charge in [0, 0.05) is 18.0 Å². The van der Waals surface area contributed by atoms with Gasteiger partial charge in [0.15, 0.2) is 5.69 Å². The summed E-state index contributed by atoms with van der Waals surface area (Å²) in [5, 5.41) is 16.8. The number of hydrogen-bond donors (Lipinski definition) is 1. The van der Waals surface area contributed by atoms with Crippen molar-refractivity contribution in [1.29, 1.82) is 0 Å². The summed E-state index contributed by atoms with van der Waals surface area (Å²) >= 11 is 0. The van der Waals surface area contributed by atoms with E-state index in [0.717, 1.165) is 0 Å². The van der Waals surface area contributed by atoms with E-state index in [2.05, 4.69) is 20.0 Å². The summed E-state index contributed by atoms with van der Waals surface area (Å²) in [6.07, 6.45) is -1.76. The molecule has 2 heterocycles. The summed E-state index contributed by atoms with van der Waals surface area (Å²) < 4.78 is 41.8. The molecule has 1 N–H and O–H groups in total. The van der Waals surface area contributed by atoms with E-state index >= 15 is 0 Å². The second-order valence-electron chi connectivity index (χ2n) is 5.18. The van der Waals surface area contributed by atoms with Crippen molar-refractivity contribution in [2.45, 2.75) is 12.9 Å². The molecule has 2 aromatic heterocycles. The van der Waals surface area contributed by atoms with Crippen LogP contribution < -0.4 is 4.74 Å². The van der Waals surface area contributed by atoms with Gasteiger partial charge in [-0.3, -0.25) is 4.98 Å². The molecule has 134 valence electrons. The quantitative estimate of drug-likeness (QED) is 0.749. The number of alkyl halides is 3. The fourth-order valence-corrected chi connectivity index (χ4v) is 2.33. The van der Waals surface area contributed by atoms with Crippen LogP contribution in [0.4, 0.5) is 13.2 Å². The summed E-state index contributed by atoms with van der Waals surface area (Å²) in [6, 6.07) is 8.43. The molecule has 10 heteroatoms. The first kappa shape index (κ1) is 17.4. The van der Waals surface area contributed by atoms with E-state index in [1.165, 1.54) is 41.3 Å². The van der Waals surface area contributed by atoms with Crippen LogP contribution in [0.15, 0.2) is 48.8 Å². The Kier molecular flexibility index (Phi) is 4.57. The fraction of sp³-hybridized carbons (Fsp3) is 0.125. The lowest BCUT2D eigenvalue weighted by molar-refractivity contribution is -0.274. The first-order chi connectivity index (χ1) is 12.3. The van der Waals surface area contributed by atoms with Crippen molar-refractivity contribution in [2.75, 3.05) is 0 Å². The average molecular weight is 364 g/mol. The minimum absolute atomic E-state index is 0.115. The smallest absolute Gasteiger partial charge is 0.476 e. The molecule has 1 aromatic carbocycles. The molecule has 0 saturated carbocycles. The number of nitrogens with zero attached hydrogens (tertiary/aromatic N) is 4. The normalized spacial score (nSPS) is 11.3. The van der Waals surface area contributed by atoms with Crippen molar-refractivity contribution in [3.05, 3.63) is 60.0 Å².